The second-order valence-electron chi connectivity index (χ2n) is 7.78. The molecule has 0 N–H and O–H groups in total. The Bertz CT molecular complexity index is 857. The van der Waals surface area contributed by atoms with Crippen LogP contribution in [0.5, 0.6) is 11.5 Å². The topological polar surface area (TPSA) is 34.1 Å². The van der Waals surface area contributed by atoms with Gasteiger partial charge in [0.2, 0.25) is 6.79 Å². The van der Waals surface area contributed by atoms with E-state index < -0.39 is 0 Å². The quantitative estimate of drug-likeness (QED) is 0.707. The molecule has 2 aromatic carbocycles. The van der Waals surface area contributed by atoms with Crippen LogP contribution in [0.4, 0.5) is 11.4 Å². The van der Waals surface area contributed by atoms with E-state index in [1.807, 2.05) is 24.4 Å². The third-order valence-corrected chi connectivity index (χ3v) is 5.44. The fraction of sp³-hybridized carbons (Fsp3) is 0.409. The molecule has 0 bridgehead atoms. The van der Waals surface area contributed by atoms with Gasteiger partial charge in [0, 0.05) is 30.1 Å². The van der Waals surface area contributed by atoms with Crippen LogP contribution in [0.3, 0.4) is 0 Å². The molecular weight excluding hydrogens is 324 g/mol. The Hall–Kier alpha value is -2.49. The molecule has 26 heavy (non-hydrogen) atoms. The molecule has 0 spiro atoms. The van der Waals surface area contributed by atoms with E-state index in [1.54, 1.807) is 0 Å². The lowest BCUT2D eigenvalue weighted by Crippen LogP contribution is -2.48. The van der Waals surface area contributed by atoms with E-state index in [4.69, 9.17) is 9.47 Å². The third-order valence-electron chi connectivity index (χ3n) is 5.44. The molecule has 0 amide bonds. The highest BCUT2D eigenvalue weighted by Gasteiger charge is 2.35. The molecule has 0 aromatic heterocycles. The zero-order chi connectivity index (χ0) is 18.3. The Morgan fingerprint density at radius 1 is 1.15 bits per heavy atom. The van der Waals surface area contributed by atoms with E-state index in [-0.39, 0.29) is 12.3 Å². The summed E-state index contributed by atoms with van der Waals surface area (Å²) >= 11 is 0. The van der Waals surface area contributed by atoms with Crippen molar-refractivity contribution in [1.82, 2.24) is 0 Å². The summed E-state index contributed by atoms with van der Waals surface area (Å²) < 4.78 is 10.8. The molecule has 136 valence electrons. The van der Waals surface area contributed by atoms with Gasteiger partial charge in [0.25, 0.3) is 0 Å². The molecule has 0 saturated heterocycles. The molecule has 1 atom stereocenters. The molecule has 2 heterocycles. The van der Waals surface area contributed by atoms with E-state index >= 15 is 0 Å². The SMILES string of the molecule is CCN1c2ccc(C=Nc3ccc4c(c3)OCO4)cc2C(C)CC1(C)C. The Balaban J connectivity index is 1.62. The predicted molar refractivity (Wildman–Crippen MR) is 106 cm³/mol. The number of nitrogens with zero attached hydrogens (tertiary/aromatic N) is 2. The molecule has 4 heteroatoms. The summed E-state index contributed by atoms with van der Waals surface area (Å²) in [6.07, 6.45) is 3.09. The van der Waals surface area contributed by atoms with E-state index in [0.29, 0.717) is 5.92 Å². The fourth-order valence-electron chi connectivity index (χ4n) is 4.30. The molecule has 0 aliphatic carbocycles. The highest BCUT2D eigenvalue weighted by atomic mass is 16.7. The van der Waals surface area contributed by atoms with Crippen molar-refractivity contribution in [1.29, 1.82) is 0 Å². The first-order chi connectivity index (χ1) is 12.5. The molecule has 2 aliphatic heterocycles. The van der Waals surface area contributed by atoms with Crippen molar-refractivity contribution in [3.8, 4) is 11.5 Å². The van der Waals surface area contributed by atoms with E-state index in [2.05, 4.69) is 55.8 Å². The summed E-state index contributed by atoms with van der Waals surface area (Å²) in [5.41, 5.74) is 4.97. The molecule has 2 aromatic rings. The molecule has 2 aliphatic rings. The van der Waals surface area contributed by atoms with Crippen LogP contribution in [0.15, 0.2) is 41.4 Å². The normalized spacial score (nSPS) is 20.5. The number of fused-ring (bicyclic) bond motifs is 2. The lowest BCUT2D eigenvalue weighted by atomic mass is 9.79. The minimum absolute atomic E-state index is 0.198. The summed E-state index contributed by atoms with van der Waals surface area (Å²) in [6.45, 7) is 10.5. The van der Waals surface area contributed by atoms with Crippen molar-refractivity contribution >= 4 is 17.6 Å². The highest BCUT2D eigenvalue weighted by molar-refractivity contribution is 5.84. The van der Waals surface area contributed by atoms with Gasteiger partial charge in [-0.05, 0) is 68.5 Å². The van der Waals surface area contributed by atoms with Crippen molar-refractivity contribution in [3.05, 3.63) is 47.5 Å². The second-order valence-corrected chi connectivity index (χ2v) is 7.78. The number of hydrogen-bond donors (Lipinski definition) is 0. The summed E-state index contributed by atoms with van der Waals surface area (Å²) in [7, 11) is 0. The van der Waals surface area contributed by atoms with Crippen molar-refractivity contribution < 1.29 is 9.47 Å². The van der Waals surface area contributed by atoms with Gasteiger partial charge in [0.15, 0.2) is 11.5 Å². The van der Waals surface area contributed by atoms with Crippen LogP contribution in [-0.2, 0) is 0 Å². The van der Waals surface area contributed by atoms with E-state index in [0.717, 1.165) is 35.7 Å². The standard InChI is InChI=1S/C22H26N2O2/c1-5-24-19-8-6-16(10-18(19)15(2)12-22(24,3)4)13-23-17-7-9-20-21(11-17)26-14-25-20/h6-11,13,15H,5,12,14H2,1-4H3. The summed E-state index contributed by atoms with van der Waals surface area (Å²) in [4.78, 5) is 7.14. The van der Waals surface area contributed by atoms with E-state index in [9.17, 15) is 0 Å². The summed E-state index contributed by atoms with van der Waals surface area (Å²) in [5, 5.41) is 0. The van der Waals surface area contributed by atoms with Gasteiger partial charge in [-0.2, -0.15) is 0 Å². The van der Waals surface area contributed by atoms with Crippen LogP contribution in [0, 0.1) is 0 Å². The Morgan fingerprint density at radius 3 is 2.77 bits per heavy atom. The molecule has 0 radical (unpaired) electrons. The van der Waals surface area contributed by atoms with E-state index in [1.165, 1.54) is 11.3 Å². The smallest absolute Gasteiger partial charge is 0.231 e. The molecule has 0 saturated carbocycles. The largest absolute Gasteiger partial charge is 0.454 e. The molecular formula is C22H26N2O2. The molecule has 4 rings (SSSR count). The van der Waals surface area contributed by atoms with Gasteiger partial charge in [-0.25, -0.2) is 0 Å². The van der Waals surface area contributed by atoms with Gasteiger partial charge in [0.05, 0.1) is 5.69 Å². The summed E-state index contributed by atoms with van der Waals surface area (Å²) in [6, 6.07) is 12.5. The lowest BCUT2D eigenvalue weighted by Gasteiger charge is -2.47. The van der Waals surface area contributed by atoms with Gasteiger partial charge in [-0.1, -0.05) is 13.0 Å². The van der Waals surface area contributed by atoms with Crippen LogP contribution in [0.25, 0.3) is 0 Å². The monoisotopic (exact) mass is 350 g/mol. The number of ether oxygens (including phenoxy) is 2. The zero-order valence-electron chi connectivity index (χ0n) is 16.0. The maximum absolute atomic E-state index is 5.42. The molecule has 1 unspecified atom stereocenters. The van der Waals surface area contributed by atoms with Gasteiger partial charge in [-0.3, -0.25) is 4.99 Å². The maximum atomic E-state index is 5.42. The minimum atomic E-state index is 0.198. The average Bonchev–Trinajstić information content (AvgIpc) is 3.07. The first kappa shape index (κ1) is 17.0. The lowest BCUT2D eigenvalue weighted by molar-refractivity contribution is 0.174. The number of aliphatic imine (C=N–C) groups is 1. The van der Waals surface area contributed by atoms with Crippen LogP contribution in [0.1, 0.15) is 51.2 Å². The third kappa shape index (κ3) is 2.94. The Morgan fingerprint density at radius 2 is 1.96 bits per heavy atom. The molecule has 4 nitrogen and oxygen atoms in total. The highest BCUT2D eigenvalue weighted by Crippen LogP contribution is 2.43. The van der Waals surface area contributed by atoms with Crippen molar-refractivity contribution in [2.24, 2.45) is 4.99 Å². The van der Waals surface area contributed by atoms with Crippen molar-refractivity contribution in [2.75, 3.05) is 18.2 Å². The van der Waals surface area contributed by atoms with Crippen LogP contribution < -0.4 is 14.4 Å². The number of benzene rings is 2. The van der Waals surface area contributed by atoms with Gasteiger partial charge < -0.3 is 14.4 Å². The van der Waals surface area contributed by atoms with Gasteiger partial charge in [0.1, 0.15) is 0 Å². The minimum Gasteiger partial charge on any atom is -0.454 e. The number of hydrogen-bond acceptors (Lipinski definition) is 4. The number of anilines is 1. The Labute approximate surface area is 155 Å². The van der Waals surface area contributed by atoms with Crippen LogP contribution >= 0.6 is 0 Å². The van der Waals surface area contributed by atoms with Gasteiger partial charge >= 0.3 is 0 Å². The first-order valence-electron chi connectivity index (χ1n) is 9.33. The Kier molecular flexibility index (Phi) is 4.14. The first-order valence-corrected chi connectivity index (χ1v) is 9.33. The number of rotatable bonds is 3. The maximum Gasteiger partial charge on any atom is 0.231 e. The second kappa shape index (κ2) is 6.35. The average molecular weight is 350 g/mol. The van der Waals surface area contributed by atoms with Crippen molar-refractivity contribution in [2.45, 2.75) is 45.6 Å². The predicted octanol–water partition coefficient (Wildman–Crippen LogP) is 5.28. The zero-order valence-corrected chi connectivity index (χ0v) is 16.0. The van der Waals surface area contributed by atoms with Crippen LogP contribution in [0.2, 0.25) is 0 Å². The summed E-state index contributed by atoms with van der Waals surface area (Å²) in [5.74, 6) is 2.09. The van der Waals surface area contributed by atoms with Crippen molar-refractivity contribution in [3.63, 3.8) is 0 Å². The van der Waals surface area contributed by atoms with Crippen LogP contribution in [-0.4, -0.2) is 25.1 Å². The molecule has 0 fully saturated rings. The van der Waals surface area contributed by atoms with Gasteiger partial charge in [-0.15, -0.1) is 0 Å². The fourth-order valence-corrected chi connectivity index (χ4v) is 4.30.